The fourth-order valence-electron chi connectivity index (χ4n) is 1.62. The van der Waals surface area contributed by atoms with Crippen LogP contribution in [0.4, 0.5) is 23.7 Å². The zero-order chi connectivity index (χ0) is 17.6. The lowest BCUT2D eigenvalue weighted by molar-refractivity contribution is -0.153. The van der Waals surface area contributed by atoms with Crippen LogP contribution in [0, 0.1) is 5.92 Å². The van der Waals surface area contributed by atoms with Gasteiger partial charge in [-0.2, -0.15) is 13.2 Å². The van der Waals surface area contributed by atoms with Crippen molar-refractivity contribution in [1.29, 1.82) is 0 Å². The van der Waals surface area contributed by atoms with Crippen LogP contribution in [-0.2, 0) is 4.79 Å². The number of hydrogen-bond donors (Lipinski definition) is 2. The Morgan fingerprint density at radius 2 is 2.04 bits per heavy atom. The number of carboxylic acid groups (broad SMARTS) is 1. The minimum atomic E-state index is -4.45. The Bertz CT molecular complexity index is 563. The van der Waals surface area contributed by atoms with E-state index in [9.17, 15) is 22.8 Å². The van der Waals surface area contributed by atoms with Gasteiger partial charge < -0.3 is 20.1 Å². The third-order valence-corrected chi connectivity index (χ3v) is 2.80. The molecule has 0 radical (unpaired) electrons. The highest BCUT2D eigenvalue weighted by Crippen LogP contribution is 2.21. The first-order valence-corrected chi connectivity index (χ1v) is 6.63. The molecule has 2 amide bonds. The van der Waals surface area contributed by atoms with Crippen LogP contribution in [0.15, 0.2) is 24.3 Å². The lowest BCUT2D eigenvalue weighted by Gasteiger charge is -2.20. The molecule has 0 bridgehead atoms. The van der Waals surface area contributed by atoms with Gasteiger partial charge in [0.05, 0.1) is 5.92 Å². The topological polar surface area (TPSA) is 78.9 Å². The monoisotopic (exact) mass is 334 g/mol. The maximum absolute atomic E-state index is 12.1. The van der Waals surface area contributed by atoms with Crippen molar-refractivity contribution in [3.05, 3.63) is 24.3 Å². The van der Waals surface area contributed by atoms with Crippen LogP contribution >= 0.6 is 0 Å². The van der Waals surface area contributed by atoms with Gasteiger partial charge in [-0.3, -0.25) is 4.79 Å². The number of benzene rings is 1. The second-order valence-corrected chi connectivity index (χ2v) is 4.98. The van der Waals surface area contributed by atoms with Gasteiger partial charge in [0.25, 0.3) is 0 Å². The Morgan fingerprint density at radius 1 is 1.39 bits per heavy atom. The van der Waals surface area contributed by atoms with E-state index in [2.05, 4.69) is 10.1 Å². The van der Waals surface area contributed by atoms with E-state index in [0.29, 0.717) is 0 Å². The van der Waals surface area contributed by atoms with E-state index >= 15 is 0 Å². The molecule has 128 valence electrons. The molecular formula is C14H17F3N2O4. The van der Waals surface area contributed by atoms with Crippen LogP contribution in [0.25, 0.3) is 0 Å². The molecule has 0 aliphatic carbocycles. The highest BCUT2D eigenvalue weighted by atomic mass is 19.4. The van der Waals surface area contributed by atoms with E-state index < -0.39 is 30.7 Å². The molecule has 0 aromatic heterocycles. The van der Waals surface area contributed by atoms with E-state index in [1.807, 2.05) is 0 Å². The molecule has 1 aromatic carbocycles. The van der Waals surface area contributed by atoms with Gasteiger partial charge in [0.15, 0.2) is 6.61 Å². The third kappa shape index (κ3) is 6.90. The normalized spacial score (nSPS) is 12.4. The Morgan fingerprint density at radius 3 is 2.61 bits per heavy atom. The highest BCUT2D eigenvalue weighted by Gasteiger charge is 2.28. The molecule has 6 nitrogen and oxygen atoms in total. The molecular weight excluding hydrogens is 317 g/mol. The minimum Gasteiger partial charge on any atom is -0.484 e. The molecule has 0 aliphatic rings. The van der Waals surface area contributed by atoms with Crippen molar-refractivity contribution in [2.75, 3.05) is 25.5 Å². The number of nitrogens with one attached hydrogen (secondary N) is 1. The van der Waals surface area contributed by atoms with Crippen molar-refractivity contribution in [2.45, 2.75) is 13.1 Å². The van der Waals surface area contributed by atoms with Gasteiger partial charge in [0, 0.05) is 25.3 Å². The lowest BCUT2D eigenvalue weighted by atomic mass is 10.2. The number of anilines is 1. The first-order valence-electron chi connectivity index (χ1n) is 6.63. The number of rotatable bonds is 6. The molecule has 2 N–H and O–H groups in total. The highest BCUT2D eigenvalue weighted by molar-refractivity contribution is 5.89. The molecule has 0 spiro atoms. The SMILES string of the molecule is CC(CN(C)C(=O)Nc1cccc(OCC(F)(F)F)c1)C(=O)O. The van der Waals surface area contributed by atoms with Crippen molar-refractivity contribution in [3.63, 3.8) is 0 Å². The average molecular weight is 334 g/mol. The van der Waals surface area contributed by atoms with Crippen LogP contribution < -0.4 is 10.1 Å². The summed E-state index contributed by atoms with van der Waals surface area (Å²) in [4.78, 5) is 23.8. The van der Waals surface area contributed by atoms with Gasteiger partial charge in [0.2, 0.25) is 0 Å². The van der Waals surface area contributed by atoms with E-state index in [1.165, 1.54) is 43.1 Å². The Balaban J connectivity index is 2.62. The first kappa shape index (κ1) is 18.6. The van der Waals surface area contributed by atoms with Crippen molar-refractivity contribution in [2.24, 2.45) is 5.92 Å². The van der Waals surface area contributed by atoms with Gasteiger partial charge in [0.1, 0.15) is 5.75 Å². The fourth-order valence-corrected chi connectivity index (χ4v) is 1.62. The van der Waals surface area contributed by atoms with Crippen molar-refractivity contribution < 1.29 is 32.6 Å². The maximum Gasteiger partial charge on any atom is 0.422 e. The zero-order valence-electron chi connectivity index (χ0n) is 12.6. The van der Waals surface area contributed by atoms with Gasteiger partial charge in [-0.25, -0.2) is 4.79 Å². The number of halogens is 3. The molecule has 0 aliphatic heterocycles. The number of carbonyl (C=O) groups is 2. The number of hydrogen-bond acceptors (Lipinski definition) is 3. The number of urea groups is 1. The summed E-state index contributed by atoms with van der Waals surface area (Å²) in [5, 5.41) is 11.3. The van der Waals surface area contributed by atoms with Crippen LogP contribution in [0.3, 0.4) is 0 Å². The largest absolute Gasteiger partial charge is 0.484 e. The second-order valence-electron chi connectivity index (χ2n) is 4.98. The summed E-state index contributed by atoms with van der Waals surface area (Å²) in [6.07, 6.45) is -4.45. The molecule has 0 saturated carbocycles. The summed E-state index contributed by atoms with van der Waals surface area (Å²) in [7, 11) is 1.42. The molecule has 0 fully saturated rings. The number of nitrogens with zero attached hydrogens (tertiary/aromatic N) is 1. The molecule has 1 rings (SSSR count). The summed E-state index contributed by atoms with van der Waals surface area (Å²) in [5.41, 5.74) is 0.240. The maximum atomic E-state index is 12.1. The number of ether oxygens (including phenoxy) is 1. The predicted octanol–water partition coefficient (Wildman–Crippen LogP) is 2.81. The molecule has 23 heavy (non-hydrogen) atoms. The van der Waals surface area contributed by atoms with Gasteiger partial charge in [-0.15, -0.1) is 0 Å². The average Bonchev–Trinajstić information content (AvgIpc) is 2.44. The van der Waals surface area contributed by atoms with E-state index in [1.54, 1.807) is 0 Å². The lowest BCUT2D eigenvalue weighted by Crippen LogP contribution is -2.36. The Labute approximate surface area is 130 Å². The van der Waals surface area contributed by atoms with Gasteiger partial charge >= 0.3 is 18.2 Å². The number of aliphatic carboxylic acids is 1. The molecule has 1 atom stereocenters. The van der Waals surface area contributed by atoms with Crippen LogP contribution in [0.1, 0.15) is 6.92 Å². The predicted molar refractivity (Wildman–Crippen MR) is 76.4 cm³/mol. The molecule has 0 heterocycles. The molecule has 1 aromatic rings. The Hall–Kier alpha value is -2.45. The molecule has 0 saturated heterocycles. The third-order valence-electron chi connectivity index (χ3n) is 2.80. The van der Waals surface area contributed by atoms with Gasteiger partial charge in [-0.1, -0.05) is 13.0 Å². The van der Waals surface area contributed by atoms with Gasteiger partial charge in [-0.05, 0) is 12.1 Å². The number of carbonyl (C=O) groups excluding carboxylic acids is 1. The van der Waals surface area contributed by atoms with E-state index in [-0.39, 0.29) is 18.0 Å². The zero-order valence-corrected chi connectivity index (χ0v) is 12.6. The summed E-state index contributed by atoms with van der Waals surface area (Å²) in [6, 6.07) is 4.91. The summed E-state index contributed by atoms with van der Waals surface area (Å²) < 4.78 is 40.9. The van der Waals surface area contributed by atoms with Crippen LogP contribution in [0.2, 0.25) is 0 Å². The van der Waals surface area contributed by atoms with Crippen molar-refractivity contribution in [1.82, 2.24) is 4.90 Å². The summed E-state index contributed by atoms with van der Waals surface area (Å²) in [6.45, 7) is 0.0174. The Kier molecular flexibility index (Phi) is 6.23. The minimum absolute atomic E-state index is 0.00850. The van der Waals surface area contributed by atoms with Crippen molar-refractivity contribution in [3.8, 4) is 5.75 Å². The number of alkyl halides is 3. The number of carboxylic acids is 1. The van der Waals surface area contributed by atoms with E-state index in [4.69, 9.17) is 5.11 Å². The summed E-state index contributed by atoms with van der Waals surface area (Å²) >= 11 is 0. The second kappa shape index (κ2) is 7.70. The summed E-state index contributed by atoms with van der Waals surface area (Å²) in [5.74, 6) is -1.82. The standard InChI is InChI=1S/C14H17F3N2O4/c1-9(12(20)21)7-19(2)13(22)18-10-4-3-5-11(6-10)23-8-14(15,16)17/h3-6,9H,7-8H2,1-2H3,(H,18,22)(H,20,21). The van der Waals surface area contributed by atoms with Crippen LogP contribution in [0.5, 0.6) is 5.75 Å². The smallest absolute Gasteiger partial charge is 0.422 e. The quantitative estimate of drug-likeness (QED) is 0.838. The first-order chi connectivity index (χ1) is 10.6. The number of amides is 2. The van der Waals surface area contributed by atoms with Crippen molar-refractivity contribution >= 4 is 17.7 Å². The van der Waals surface area contributed by atoms with E-state index in [0.717, 1.165) is 0 Å². The molecule has 1 unspecified atom stereocenters. The molecule has 9 heteroatoms. The fraction of sp³-hybridized carbons (Fsp3) is 0.429. The van der Waals surface area contributed by atoms with Crippen LogP contribution in [-0.4, -0.2) is 48.4 Å².